The number of benzene rings is 1. The van der Waals surface area contributed by atoms with Crippen LogP contribution in [0.5, 0.6) is 0 Å². The number of ether oxygens (including phenoxy) is 1. The number of amides is 1. The Kier molecular flexibility index (Phi) is 4.08. The maximum atomic E-state index is 11.3. The van der Waals surface area contributed by atoms with Crippen LogP contribution in [0.1, 0.15) is 0 Å². The maximum absolute atomic E-state index is 11.3. The maximum Gasteiger partial charge on any atom is 0.330 e. The van der Waals surface area contributed by atoms with Crippen molar-refractivity contribution in [2.45, 2.75) is 0 Å². The molecule has 84 valence electrons. The fraction of sp³-hybridized carbons (Fsp3) is 0.0909. The monoisotopic (exact) mass is 220 g/mol. The van der Waals surface area contributed by atoms with Crippen molar-refractivity contribution in [1.29, 1.82) is 0 Å². The van der Waals surface area contributed by atoms with Crippen molar-refractivity contribution >= 4 is 23.3 Å². The lowest BCUT2D eigenvalue weighted by atomic mass is 10.3. The summed E-state index contributed by atoms with van der Waals surface area (Å²) in [5, 5.41) is 2.56. The highest BCUT2D eigenvalue weighted by molar-refractivity contribution is 6.02. The summed E-state index contributed by atoms with van der Waals surface area (Å²) in [5.41, 5.74) is 6.71. The Morgan fingerprint density at radius 2 is 1.88 bits per heavy atom. The van der Waals surface area contributed by atoms with Crippen LogP contribution in [0.3, 0.4) is 0 Å². The second-order valence-corrected chi connectivity index (χ2v) is 2.97. The van der Waals surface area contributed by atoms with Gasteiger partial charge in [0, 0.05) is 23.5 Å². The number of esters is 1. The Bertz CT molecular complexity index is 410. The molecule has 16 heavy (non-hydrogen) atoms. The van der Waals surface area contributed by atoms with Gasteiger partial charge in [-0.25, -0.2) is 4.79 Å². The van der Waals surface area contributed by atoms with Crippen molar-refractivity contribution in [3.8, 4) is 0 Å². The van der Waals surface area contributed by atoms with Gasteiger partial charge in [0.05, 0.1) is 7.11 Å². The van der Waals surface area contributed by atoms with E-state index in [1.54, 1.807) is 24.3 Å². The topological polar surface area (TPSA) is 81.4 Å². The number of nitrogens with two attached hydrogens (primary N) is 1. The molecule has 0 saturated carbocycles. The van der Waals surface area contributed by atoms with Gasteiger partial charge in [0.1, 0.15) is 0 Å². The first-order valence-corrected chi connectivity index (χ1v) is 4.54. The molecule has 0 bridgehead atoms. The number of carbonyl (C=O) groups is 2. The first-order chi connectivity index (χ1) is 7.61. The van der Waals surface area contributed by atoms with Gasteiger partial charge in [-0.15, -0.1) is 0 Å². The Balaban J connectivity index is 2.55. The van der Waals surface area contributed by atoms with Gasteiger partial charge in [0.2, 0.25) is 5.91 Å². The molecule has 1 amide bonds. The van der Waals surface area contributed by atoms with Gasteiger partial charge in [-0.1, -0.05) is 0 Å². The van der Waals surface area contributed by atoms with Gasteiger partial charge < -0.3 is 15.8 Å². The fourth-order valence-corrected chi connectivity index (χ4v) is 0.962. The zero-order valence-electron chi connectivity index (χ0n) is 8.77. The fourth-order valence-electron chi connectivity index (χ4n) is 0.962. The lowest BCUT2D eigenvalue weighted by molar-refractivity contribution is -0.135. The van der Waals surface area contributed by atoms with Crippen molar-refractivity contribution in [2.24, 2.45) is 0 Å². The molecule has 0 atom stereocenters. The standard InChI is InChI=1S/C11H12N2O3/c1-16-11(15)7-6-10(14)13-9-4-2-8(12)3-5-9/h2-7H,12H2,1H3,(H,13,14)/b7-6+. The smallest absolute Gasteiger partial charge is 0.330 e. The lowest BCUT2D eigenvalue weighted by Gasteiger charge is -2.01. The van der Waals surface area contributed by atoms with Gasteiger partial charge in [0.15, 0.2) is 0 Å². The van der Waals surface area contributed by atoms with E-state index >= 15 is 0 Å². The number of nitrogens with one attached hydrogen (secondary N) is 1. The molecule has 1 aromatic rings. The molecule has 5 nitrogen and oxygen atoms in total. The summed E-state index contributed by atoms with van der Waals surface area (Å²) in [6.07, 6.45) is 2.15. The summed E-state index contributed by atoms with van der Waals surface area (Å²) in [5.74, 6) is -0.984. The number of rotatable bonds is 3. The molecule has 1 rings (SSSR count). The predicted octanol–water partition coefficient (Wildman–Crippen LogP) is 0.936. The summed E-state index contributed by atoms with van der Waals surface area (Å²) >= 11 is 0. The van der Waals surface area contributed by atoms with Crippen LogP contribution in [0.2, 0.25) is 0 Å². The van der Waals surface area contributed by atoms with E-state index in [0.717, 1.165) is 12.2 Å². The summed E-state index contributed by atoms with van der Waals surface area (Å²) in [6, 6.07) is 6.66. The van der Waals surface area contributed by atoms with Gasteiger partial charge in [-0.05, 0) is 24.3 Å². The molecular formula is C11H12N2O3. The van der Waals surface area contributed by atoms with Crippen LogP contribution in [0.4, 0.5) is 11.4 Å². The molecule has 5 heteroatoms. The summed E-state index contributed by atoms with van der Waals surface area (Å²) < 4.78 is 4.34. The van der Waals surface area contributed by atoms with E-state index in [0.29, 0.717) is 11.4 Å². The van der Waals surface area contributed by atoms with E-state index < -0.39 is 11.9 Å². The molecule has 0 fully saturated rings. The van der Waals surface area contributed by atoms with Crippen molar-refractivity contribution in [2.75, 3.05) is 18.2 Å². The van der Waals surface area contributed by atoms with Crippen LogP contribution in [0, 0.1) is 0 Å². The number of anilines is 2. The molecule has 0 aliphatic rings. The molecular weight excluding hydrogens is 208 g/mol. The number of hydrogen-bond donors (Lipinski definition) is 2. The van der Waals surface area contributed by atoms with Crippen molar-refractivity contribution in [3.05, 3.63) is 36.4 Å². The molecule has 0 aromatic heterocycles. The van der Waals surface area contributed by atoms with Crippen LogP contribution < -0.4 is 11.1 Å². The molecule has 0 saturated heterocycles. The van der Waals surface area contributed by atoms with Gasteiger partial charge >= 0.3 is 5.97 Å². The highest BCUT2D eigenvalue weighted by Crippen LogP contribution is 2.10. The minimum atomic E-state index is -0.576. The van der Waals surface area contributed by atoms with Gasteiger partial charge in [-0.2, -0.15) is 0 Å². The molecule has 0 unspecified atom stereocenters. The second-order valence-electron chi connectivity index (χ2n) is 2.97. The number of hydrogen-bond acceptors (Lipinski definition) is 4. The number of methoxy groups -OCH3 is 1. The zero-order chi connectivity index (χ0) is 12.0. The van der Waals surface area contributed by atoms with Gasteiger partial charge in [-0.3, -0.25) is 4.79 Å². The van der Waals surface area contributed by atoms with Gasteiger partial charge in [0.25, 0.3) is 0 Å². The Morgan fingerprint density at radius 3 is 2.44 bits per heavy atom. The van der Waals surface area contributed by atoms with E-state index in [2.05, 4.69) is 10.1 Å². The van der Waals surface area contributed by atoms with E-state index in [-0.39, 0.29) is 0 Å². The van der Waals surface area contributed by atoms with E-state index in [9.17, 15) is 9.59 Å². The van der Waals surface area contributed by atoms with Crippen molar-refractivity contribution < 1.29 is 14.3 Å². The Hall–Kier alpha value is -2.30. The first kappa shape index (κ1) is 11.8. The quantitative estimate of drug-likeness (QED) is 0.451. The van der Waals surface area contributed by atoms with Crippen LogP contribution in [0.25, 0.3) is 0 Å². The molecule has 0 radical (unpaired) electrons. The van der Waals surface area contributed by atoms with Crippen LogP contribution in [0.15, 0.2) is 36.4 Å². The third-order valence-corrected chi connectivity index (χ3v) is 1.75. The largest absolute Gasteiger partial charge is 0.466 e. The minimum absolute atomic E-state index is 0.407. The van der Waals surface area contributed by atoms with E-state index in [1.165, 1.54) is 7.11 Å². The summed E-state index contributed by atoms with van der Waals surface area (Å²) in [4.78, 5) is 22.0. The molecule has 0 spiro atoms. The average molecular weight is 220 g/mol. The Morgan fingerprint density at radius 1 is 1.25 bits per heavy atom. The average Bonchev–Trinajstić information content (AvgIpc) is 2.29. The van der Waals surface area contributed by atoms with Crippen LogP contribution in [-0.4, -0.2) is 19.0 Å². The summed E-state index contributed by atoms with van der Waals surface area (Å²) in [7, 11) is 1.24. The second kappa shape index (κ2) is 5.55. The SMILES string of the molecule is COC(=O)/C=C/C(=O)Nc1ccc(N)cc1. The molecule has 1 aromatic carbocycles. The van der Waals surface area contributed by atoms with Crippen LogP contribution >= 0.6 is 0 Å². The normalized spacial score (nSPS) is 10.1. The summed E-state index contributed by atoms with van der Waals surface area (Å²) in [6.45, 7) is 0. The molecule has 0 aliphatic carbocycles. The minimum Gasteiger partial charge on any atom is -0.466 e. The van der Waals surface area contributed by atoms with E-state index in [1.807, 2.05) is 0 Å². The molecule has 0 aliphatic heterocycles. The van der Waals surface area contributed by atoms with Crippen molar-refractivity contribution in [3.63, 3.8) is 0 Å². The zero-order valence-corrected chi connectivity index (χ0v) is 8.77. The lowest BCUT2D eigenvalue weighted by Crippen LogP contribution is -2.09. The number of nitrogen functional groups attached to an aromatic ring is 1. The highest BCUT2D eigenvalue weighted by Gasteiger charge is 1.98. The third kappa shape index (κ3) is 3.83. The first-order valence-electron chi connectivity index (χ1n) is 4.54. The third-order valence-electron chi connectivity index (χ3n) is 1.75. The Labute approximate surface area is 92.9 Å². The van der Waals surface area contributed by atoms with Crippen molar-refractivity contribution in [1.82, 2.24) is 0 Å². The van der Waals surface area contributed by atoms with Crippen LogP contribution in [-0.2, 0) is 14.3 Å². The predicted molar refractivity (Wildman–Crippen MR) is 60.6 cm³/mol. The number of carbonyl (C=O) groups excluding carboxylic acids is 2. The molecule has 3 N–H and O–H groups in total. The van der Waals surface area contributed by atoms with E-state index in [4.69, 9.17) is 5.73 Å². The molecule has 0 heterocycles. The highest BCUT2D eigenvalue weighted by atomic mass is 16.5.